The zero-order valence-corrected chi connectivity index (χ0v) is 17.4. The summed E-state index contributed by atoms with van der Waals surface area (Å²) < 4.78 is 33.4. The number of nitrogens with zero attached hydrogens (tertiary/aromatic N) is 2. The number of sulfonamides is 1. The molecular weight excluding hydrogens is 428 g/mol. The Labute approximate surface area is 179 Å². The van der Waals surface area contributed by atoms with Gasteiger partial charge in [0.2, 0.25) is 15.7 Å². The van der Waals surface area contributed by atoms with Gasteiger partial charge in [-0.05, 0) is 55.5 Å². The minimum absolute atomic E-state index is 0.0187. The van der Waals surface area contributed by atoms with Gasteiger partial charge in [-0.15, -0.1) is 0 Å². The first-order chi connectivity index (χ1) is 14.3. The lowest BCUT2D eigenvalue weighted by Crippen LogP contribution is -2.44. The molecule has 1 aliphatic heterocycles. The first kappa shape index (κ1) is 20.7. The van der Waals surface area contributed by atoms with Crippen LogP contribution in [0.5, 0.6) is 11.5 Å². The van der Waals surface area contributed by atoms with E-state index in [9.17, 15) is 18.3 Å². The number of aliphatic carboxylic acids is 1. The highest BCUT2D eigenvalue weighted by atomic mass is 35.5. The van der Waals surface area contributed by atoms with Gasteiger partial charge in [-0.1, -0.05) is 30.2 Å². The van der Waals surface area contributed by atoms with Gasteiger partial charge in [0.25, 0.3) is 0 Å². The van der Waals surface area contributed by atoms with Crippen LogP contribution < -0.4 is 4.74 Å². The number of carboxylic acid groups (broad SMARTS) is 1. The van der Waals surface area contributed by atoms with Crippen LogP contribution in [0.1, 0.15) is 25.7 Å². The summed E-state index contributed by atoms with van der Waals surface area (Å²) in [6.07, 6.45) is 2.80. The quantitative estimate of drug-likeness (QED) is 0.672. The monoisotopic (exact) mass is 446 g/mol. The second-order valence-corrected chi connectivity index (χ2v) is 9.71. The van der Waals surface area contributed by atoms with E-state index >= 15 is 0 Å². The molecule has 2 aromatic rings. The molecule has 0 unspecified atom stereocenters. The molecule has 1 aliphatic carbocycles. The van der Waals surface area contributed by atoms with Crippen molar-refractivity contribution in [1.29, 1.82) is 0 Å². The summed E-state index contributed by atoms with van der Waals surface area (Å²) >= 11 is 6.01. The molecule has 0 spiro atoms. The lowest BCUT2D eigenvalue weighted by molar-refractivity contribution is -0.141. The summed E-state index contributed by atoms with van der Waals surface area (Å²) in [7, 11) is -3.97. The number of hydrogen-bond acceptors (Lipinski definition) is 4. The van der Waals surface area contributed by atoms with Crippen LogP contribution >= 0.6 is 11.6 Å². The van der Waals surface area contributed by atoms with Crippen LogP contribution in [0.15, 0.2) is 47.4 Å². The maximum absolute atomic E-state index is 13.3. The standard InChI is InChI=1S/C21H19ClN2O5S/c1-23-20-16(22)5-3-7-19(20)29-14-8-10-15(11-9-14)30(27,28)24-17-6-2-4-13(17)12-18(24)21(25)26/h3,5,7-11,13,17-18H,2,4,6,12H2,(H,25,26)/t13-,17-,18-/m1/s1. The maximum atomic E-state index is 13.3. The number of ether oxygens (including phenoxy) is 1. The third-order valence-corrected chi connectivity index (χ3v) is 8.01. The molecule has 7 nitrogen and oxygen atoms in total. The van der Waals surface area contributed by atoms with Crippen LogP contribution in [-0.2, 0) is 14.8 Å². The van der Waals surface area contributed by atoms with Gasteiger partial charge in [0, 0.05) is 6.04 Å². The fourth-order valence-corrected chi connectivity index (χ4v) is 6.50. The van der Waals surface area contributed by atoms with Crippen LogP contribution in [0.4, 0.5) is 5.69 Å². The molecule has 2 aliphatic rings. The molecule has 1 saturated carbocycles. The number of rotatable bonds is 5. The predicted octanol–water partition coefficient (Wildman–Crippen LogP) is 4.70. The van der Waals surface area contributed by atoms with E-state index in [1.165, 1.54) is 28.6 Å². The van der Waals surface area contributed by atoms with Gasteiger partial charge in [0.1, 0.15) is 17.5 Å². The Morgan fingerprint density at radius 2 is 1.93 bits per heavy atom. The van der Waals surface area contributed by atoms with Crippen molar-refractivity contribution in [3.63, 3.8) is 0 Å². The number of halogens is 1. The summed E-state index contributed by atoms with van der Waals surface area (Å²) in [6.45, 7) is 7.24. The number of carboxylic acids is 1. The van der Waals surface area contributed by atoms with Crippen molar-refractivity contribution in [1.82, 2.24) is 4.31 Å². The van der Waals surface area contributed by atoms with Crippen molar-refractivity contribution >= 4 is 33.3 Å². The molecule has 0 bridgehead atoms. The zero-order valence-electron chi connectivity index (χ0n) is 15.9. The van der Waals surface area contributed by atoms with Crippen LogP contribution in [0.3, 0.4) is 0 Å². The molecule has 2 fully saturated rings. The molecule has 3 atom stereocenters. The molecule has 9 heteroatoms. The number of benzene rings is 2. The van der Waals surface area contributed by atoms with Crippen LogP contribution in [0.2, 0.25) is 5.02 Å². The summed E-state index contributed by atoms with van der Waals surface area (Å²) in [5.74, 6) is -0.401. The summed E-state index contributed by atoms with van der Waals surface area (Å²) in [4.78, 5) is 15.1. The van der Waals surface area contributed by atoms with E-state index in [1.807, 2.05) is 0 Å². The van der Waals surface area contributed by atoms with Gasteiger partial charge in [-0.25, -0.2) is 13.3 Å². The minimum Gasteiger partial charge on any atom is -0.480 e. The van der Waals surface area contributed by atoms with Crippen molar-refractivity contribution < 1.29 is 23.1 Å². The predicted molar refractivity (Wildman–Crippen MR) is 110 cm³/mol. The smallest absolute Gasteiger partial charge is 0.322 e. The third kappa shape index (κ3) is 3.54. The van der Waals surface area contributed by atoms with Crippen molar-refractivity contribution in [2.75, 3.05) is 0 Å². The van der Waals surface area contributed by atoms with Crippen molar-refractivity contribution in [2.24, 2.45) is 5.92 Å². The molecule has 1 heterocycles. The highest BCUT2D eigenvalue weighted by Crippen LogP contribution is 2.44. The SMILES string of the molecule is [C-]#[N+]c1c(Cl)cccc1Oc1ccc(S(=O)(=O)N2[C@@H](C(=O)O)C[C@H]3CCC[C@H]32)cc1. The summed E-state index contributed by atoms with van der Waals surface area (Å²) in [5.41, 5.74) is 0.171. The van der Waals surface area contributed by atoms with Crippen LogP contribution in [0, 0.1) is 12.5 Å². The van der Waals surface area contributed by atoms with E-state index in [-0.39, 0.29) is 33.3 Å². The Kier molecular flexibility index (Phi) is 5.45. The molecule has 0 radical (unpaired) electrons. The maximum Gasteiger partial charge on any atom is 0.322 e. The van der Waals surface area contributed by atoms with E-state index in [4.69, 9.17) is 22.9 Å². The first-order valence-corrected chi connectivity index (χ1v) is 11.3. The van der Waals surface area contributed by atoms with Gasteiger partial charge < -0.3 is 9.84 Å². The molecule has 2 aromatic carbocycles. The average Bonchev–Trinajstić information content (AvgIpc) is 3.30. The minimum atomic E-state index is -3.97. The van der Waals surface area contributed by atoms with Crippen molar-refractivity contribution in [2.45, 2.75) is 42.7 Å². The second kappa shape index (κ2) is 7.91. The fourth-order valence-electron chi connectivity index (χ4n) is 4.42. The van der Waals surface area contributed by atoms with E-state index in [2.05, 4.69) is 4.85 Å². The van der Waals surface area contributed by atoms with E-state index in [0.29, 0.717) is 18.6 Å². The molecule has 0 amide bonds. The topological polar surface area (TPSA) is 88.3 Å². The van der Waals surface area contributed by atoms with Gasteiger partial charge in [-0.2, -0.15) is 4.31 Å². The van der Waals surface area contributed by atoms with Crippen LogP contribution in [-0.4, -0.2) is 35.9 Å². The molecule has 1 saturated heterocycles. The molecule has 1 N–H and O–H groups in total. The number of para-hydroxylation sites is 1. The number of fused-ring (bicyclic) bond motifs is 1. The fraction of sp³-hybridized carbons (Fsp3) is 0.333. The Balaban J connectivity index is 1.61. The molecule has 0 aromatic heterocycles. The molecule has 30 heavy (non-hydrogen) atoms. The van der Waals surface area contributed by atoms with Gasteiger partial charge >= 0.3 is 5.97 Å². The Hall–Kier alpha value is -2.60. The molecule has 156 valence electrons. The van der Waals surface area contributed by atoms with Gasteiger partial charge in [-0.3, -0.25) is 4.79 Å². The molecular formula is C21H19ClN2O5S. The van der Waals surface area contributed by atoms with Gasteiger partial charge in [0.05, 0.1) is 16.5 Å². The summed E-state index contributed by atoms with van der Waals surface area (Å²) in [6, 6.07) is 9.31. The second-order valence-electron chi connectivity index (χ2n) is 7.45. The Morgan fingerprint density at radius 3 is 2.60 bits per heavy atom. The Morgan fingerprint density at radius 1 is 1.20 bits per heavy atom. The first-order valence-electron chi connectivity index (χ1n) is 9.53. The summed E-state index contributed by atoms with van der Waals surface area (Å²) in [5, 5.41) is 9.83. The highest BCUT2D eigenvalue weighted by molar-refractivity contribution is 7.89. The number of carbonyl (C=O) groups is 1. The lowest BCUT2D eigenvalue weighted by atomic mass is 10.0. The zero-order chi connectivity index (χ0) is 21.5. The average molecular weight is 447 g/mol. The van der Waals surface area contributed by atoms with E-state index in [0.717, 1.165) is 12.8 Å². The lowest BCUT2D eigenvalue weighted by Gasteiger charge is -2.26. The van der Waals surface area contributed by atoms with Gasteiger partial charge in [0.15, 0.2) is 0 Å². The largest absolute Gasteiger partial charge is 0.480 e. The van der Waals surface area contributed by atoms with E-state index in [1.54, 1.807) is 18.2 Å². The highest BCUT2D eigenvalue weighted by Gasteiger charge is 2.52. The third-order valence-electron chi connectivity index (χ3n) is 5.75. The van der Waals surface area contributed by atoms with Crippen molar-refractivity contribution in [3.8, 4) is 11.5 Å². The van der Waals surface area contributed by atoms with Crippen molar-refractivity contribution in [3.05, 3.63) is 58.9 Å². The van der Waals surface area contributed by atoms with Crippen LogP contribution in [0.25, 0.3) is 4.85 Å². The van der Waals surface area contributed by atoms with E-state index < -0.39 is 22.0 Å². The molecule has 4 rings (SSSR count). The number of hydrogen-bond donors (Lipinski definition) is 1. The normalized spacial score (nSPS) is 23.7. The Bertz CT molecular complexity index is 1130.